The van der Waals surface area contributed by atoms with E-state index in [9.17, 15) is 9.59 Å². The topological polar surface area (TPSA) is 86.0 Å². The Morgan fingerprint density at radius 3 is 2.70 bits per heavy atom. The van der Waals surface area contributed by atoms with Gasteiger partial charge in [-0.05, 0) is 36.8 Å². The smallest absolute Gasteiger partial charge is 0.306 e. The molecule has 0 saturated carbocycles. The fourth-order valence-electron chi connectivity index (χ4n) is 2.70. The molecule has 0 spiro atoms. The molecule has 0 atom stereocenters. The first-order valence-electron chi connectivity index (χ1n) is 8.16. The van der Waals surface area contributed by atoms with Crippen molar-refractivity contribution in [2.24, 2.45) is 0 Å². The van der Waals surface area contributed by atoms with Crippen LogP contribution in [0.2, 0.25) is 5.02 Å². The first-order valence-corrected chi connectivity index (χ1v) is 8.54. The van der Waals surface area contributed by atoms with E-state index < -0.39 is 5.97 Å². The van der Waals surface area contributed by atoms with Crippen molar-refractivity contribution < 1.29 is 23.8 Å². The molecule has 0 amide bonds. The number of aliphatic carboxylic acids is 1. The standard InChI is InChI=1S/C20H17ClO6/c1-11-8-17(25-2)13(9-16(11)26-7-6-19(23)24)18-10-15(22)12-4-3-5-14(21)20(12)27-18/h3-5,8-10H,6-7H2,1-2H3,(H,23,24). The highest BCUT2D eigenvalue weighted by atomic mass is 35.5. The van der Waals surface area contributed by atoms with Gasteiger partial charge in [-0.2, -0.15) is 0 Å². The maximum absolute atomic E-state index is 12.5. The van der Waals surface area contributed by atoms with Crippen LogP contribution in [0.25, 0.3) is 22.3 Å². The van der Waals surface area contributed by atoms with E-state index in [1.807, 2.05) is 6.92 Å². The number of hydrogen-bond donors (Lipinski definition) is 1. The highest BCUT2D eigenvalue weighted by Crippen LogP contribution is 2.37. The van der Waals surface area contributed by atoms with Crippen molar-refractivity contribution in [1.82, 2.24) is 0 Å². The van der Waals surface area contributed by atoms with E-state index >= 15 is 0 Å². The second-order valence-corrected chi connectivity index (χ2v) is 6.31. The van der Waals surface area contributed by atoms with Crippen LogP contribution in [0.15, 0.2) is 45.6 Å². The number of carboxylic acid groups (broad SMARTS) is 1. The van der Waals surface area contributed by atoms with Gasteiger partial charge in [0.25, 0.3) is 0 Å². The van der Waals surface area contributed by atoms with Crippen molar-refractivity contribution in [3.63, 3.8) is 0 Å². The lowest BCUT2D eigenvalue weighted by Gasteiger charge is -2.14. The normalized spacial score (nSPS) is 10.8. The van der Waals surface area contributed by atoms with E-state index in [1.165, 1.54) is 13.2 Å². The van der Waals surface area contributed by atoms with Crippen LogP contribution >= 0.6 is 11.6 Å². The molecule has 3 aromatic rings. The van der Waals surface area contributed by atoms with Crippen molar-refractivity contribution in [2.75, 3.05) is 13.7 Å². The van der Waals surface area contributed by atoms with Gasteiger partial charge in [-0.25, -0.2) is 0 Å². The number of aryl methyl sites for hydroxylation is 1. The number of ether oxygens (including phenoxy) is 2. The lowest BCUT2D eigenvalue weighted by atomic mass is 10.1. The van der Waals surface area contributed by atoms with Crippen molar-refractivity contribution in [1.29, 1.82) is 0 Å². The van der Waals surface area contributed by atoms with Gasteiger partial charge in [0.1, 0.15) is 17.3 Å². The molecular formula is C20H17ClO6. The minimum absolute atomic E-state index is 0.0233. The van der Waals surface area contributed by atoms with E-state index in [0.717, 1.165) is 5.56 Å². The summed E-state index contributed by atoms with van der Waals surface area (Å²) < 4.78 is 16.9. The van der Waals surface area contributed by atoms with Crippen molar-refractivity contribution >= 4 is 28.5 Å². The Morgan fingerprint density at radius 2 is 2.00 bits per heavy atom. The predicted octanol–water partition coefficient (Wildman–Crippen LogP) is 4.28. The zero-order valence-corrected chi connectivity index (χ0v) is 15.5. The summed E-state index contributed by atoms with van der Waals surface area (Å²) in [5.74, 6) is 0.304. The number of rotatable bonds is 6. The molecule has 0 bridgehead atoms. The second-order valence-electron chi connectivity index (χ2n) is 5.90. The van der Waals surface area contributed by atoms with Crippen LogP contribution in [0, 0.1) is 6.92 Å². The average Bonchev–Trinajstić information content (AvgIpc) is 2.63. The summed E-state index contributed by atoms with van der Waals surface area (Å²) in [6, 6.07) is 9.74. The van der Waals surface area contributed by atoms with Crippen molar-refractivity contribution in [3.05, 3.63) is 57.2 Å². The lowest BCUT2D eigenvalue weighted by molar-refractivity contribution is -0.137. The molecule has 140 valence electrons. The number of hydrogen-bond acceptors (Lipinski definition) is 5. The largest absolute Gasteiger partial charge is 0.496 e. The van der Waals surface area contributed by atoms with Crippen LogP contribution in [-0.2, 0) is 4.79 Å². The van der Waals surface area contributed by atoms with Gasteiger partial charge in [0.2, 0.25) is 0 Å². The zero-order chi connectivity index (χ0) is 19.6. The molecule has 27 heavy (non-hydrogen) atoms. The van der Waals surface area contributed by atoms with Crippen LogP contribution in [0.3, 0.4) is 0 Å². The highest BCUT2D eigenvalue weighted by molar-refractivity contribution is 6.34. The lowest BCUT2D eigenvalue weighted by Crippen LogP contribution is -2.06. The molecule has 1 aromatic heterocycles. The number of methoxy groups -OCH3 is 1. The molecule has 0 fully saturated rings. The number of carboxylic acids is 1. The summed E-state index contributed by atoms with van der Waals surface area (Å²) in [6.07, 6.45) is -0.124. The van der Waals surface area contributed by atoms with Crippen LogP contribution in [0.1, 0.15) is 12.0 Å². The average molecular weight is 389 g/mol. The Labute approximate surface area is 159 Å². The summed E-state index contributed by atoms with van der Waals surface area (Å²) in [6.45, 7) is 1.84. The number of halogens is 1. The minimum Gasteiger partial charge on any atom is -0.496 e. The van der Waals surface area contributed by atoms with E-state index in [-0.39, 0.29) is 29.8 Å². The maximum Gasteiger partial charge on any atom is 0.306 e. The Hall–Kier alpha value is -2.99. The molecule has 0 unspecified atom stereocenters. The molecule has 0 saturated heterocycles. The van der Waals surface area contributed by atoms with E-state index in [1.54, 1.807) is 30.3 Å². The third kappa shape index (κ3) is 3.90. The summed E-state index contributed by atoms with van der Waals surface area (Å²) in [5.41, 5.74) is 1.33. The van der Waals surface area contributed by atoms with Gasteiger partial charge in [0, 0.05) is 6.07 Å². The van der Waals surface area contributed by atoms with Gasteiger partial charge in [-0.3, -0.25) is 9.59 Å². The van der Waals surface area contributed by atoms with E-state index in [0.29, 0.717) is 27.5 Å². The molecule has 1 N–H and O–H groups in total. The van der Waals surface area contributed by atoms with Gasteiger partial charge in [0.15, 0.2) is 11.0 Å². The van der Waals surface area contributed by atoms with Crippen molar-refractivity contribution in [3.8, 4) is 22.8 Å². The van der Waals surface area contributed by atoms with Crippen LogP contribution < -0.4 is 14.9 Å². The number of fused-ring (bicyclic) bond motifs is 1. The molecular weight excluding hydrogens is 372 g/mol. The van der Waals surface area contributed by atoms with Gasteiger partial charge in [0.05, 0.1) is 36.1 Å². The predicted molar refractivity (Wildman–Crippen MR) is 102 cm³/mol. The first-order chi connectivity index (χ1) is 12.9. The number of benzene rings is 2. The fourth-order valence-corrected chi connectivity index (χ4v) is 2.92. The van der Waals surface area contributed by atoms with Gasteiger partial charge in [-0.15, -0.1) is 0 Å². The first kappa shape index (κ1) is 18.8. The second kappa shape index (κ2) is 7.72. The van der Waals surface area contributed by atoms with Gasteiger partial charge >= 0.3 is 5.97 Å². The van der Waals surface area contributed by atoms with Crippen LogP contribution in [0.5, 0.6) is 11.5 Å². The Bertz CT molecular complexity index is 1070. The Morgan fingerprint density at radius 1 is 1.22 bits per heavy atom. The van der Waals surface area contributed by atoms with Crippen molar-refractivity contribution in [2.45, 2.75) is 13.3 Å². The van der Waals surface area contributed by atoms with E-state index in [4.69, 9.17) is 30.6 Å². The summed E-state index contributed by atoms with van der Waals surface area (Å²) in [4.78, 5) is 23.2. The molecule has 1 heterocycles. The summed E-state index contributed by atoms with van der Waals surface area (Å²) in [5, 5.41) is 9.48. The fraction of sp³-hybridized carbons (Fsp3) is 0.200. The zero-order valence-electron chi connectivity index (χ0n) is 14.7. The monoisotopic (exact) mass is 388 g/mol. The molecule has 2 aromatic carbocycles. The Balaban J connectivity index is 2.12. The summed E-state index contributed by atoms with van der Waals surface area (Å²) in [7, 11) is 1.51. The molecule has 7 heteroatoms. The molecule has 6 nitrogen and oxygen atoms in total. The SMILES string of the molecule is COc1cc(C)c(OCCC(=O)O)cc1-c1cc(=O)c2cccc(Cl)c2o1. The molecule has 0 aliphatic carbocycles. The molecule has 0 aliphatic heterocycles. The number of carbonyl (C=O) groups is 1. The number of para-hydroxylation sites is 1. The quantitative estimate of drug-likeness (QED) is 0.678. The van der Waals surface area contributed by atoms with E-state index in [2.05, 4.69) is 0 Å². The molecule has 0 aliphatic rings. The van der Waals surface area contributed by atoms with Gasteiger partial charge < -0.3 is 19.0 Å². The van der Waals surface area contributed by atoms with Gasteiger partial charge in [-0.1, -0.05) is 17.7 Å². The Kier molecular flexibility index (Phi) is 5.37. The third-order valence-corrected chi connectivity index (χ3v) is 4.34. The summed E-state index contributed by atoms with van der Waals surface area (Å²) >= 11 is 6.17. The molecule has 0 radical (unpaired) electrons. The minimum atomic E-state index is -0.948. The molecule has 3 rings (SSSR count). The van der Waals surface area contributed by atoms with Crippen LogP contribution in [-0.4, -0.2) is 24.8 Å². The van der Waals surface area contributed by atoms with Crippen LogP contribution in [0.4, 0.5) is 0 Å². The third-order valence-electron chi connectivity index (χ3n) is 4.04. The highest BCUT2D eigenvalue weighted by Gasteiger charge is 2.16. The maximum atomic E-state index is 12.5.